The minimum atomic E-state index is 0.193. The number of hydrogen-bond acceptors (Lipinski definition) is 8. The quantitative estimate of drug-likeness (QED) is 0.627. The molecule has 0 saturated carbocycles. The number of hydrogen-bond donors (Lipinski definition) is 3. The van der Waals surface area contributed by atoms with Crippen LogP contribution in [-0.2, 0) is 4.79 Å². The molecule has 0 radical (unpaired) electrons. The van der Waals surface area contributed by atoms with Gasteiger partial charge in [-0.2, -0.15) is 0 Å². The lowest BCUT2D eigenvalue weighted by Gasteiger charge is -2.37. The number of benzene rings is 1. The van der Waals surface area contributed by atoms with E-state index in [0.29, 0.717) is 17.7 Å². The second-order valence-corrected chi connectivity index (χ2v) is 7.94. The van der Waals surface area contributed by atoms with Gasteiger partial charge in [-0.25, -0.2) is 0 Å². The van der Waals surface area contributed by atoms with E-state index in [1.54, 1.807) is 12.1 Å². The Morgan fingerprint density at radius 1 is 1.10 bits per heavy atom. The maximum atomic E-state index is 12.4. The van der Waals surface area contributed by atoms with Crippen LogP contribution in [0.15, 0.2) is 30.3 Å². The number of nitrogens with one attached hydrogen (secondary N) is 2. The average Bonchev–Trinajstić information content (AvgIpc) is 2.83. The number of nitrogens with zero attached hydrogens (tertiary/aromatic N) is 5. The zero-order valence-electron chi connectivity index (χ0n) is 18.0. The normalized spacial score (nSPS) is 17.6. The van der Waals surface area contributed by atoms with Crippen molar-refractivity contribution in [1.29, 1.82) is 0 Å². The van der Waals surface area contributed by atoms with Crippen molar-refractivity contribution >= 4 is 17.4 Å². The third-order valence-electron chi connectivity index (χ3n) is 6.02. The van der Waals surface area contributed by atoms with E-state index in [4.69, 9.17) is 0 Å². The molecule has 2 saturated heterocycles. The van der Waals surface area contributed by atoms with E-state index in [0.717, 1.165) is 70.4 Å². The first-order valence-electron chi connectivity index (χ1n) is 11.0. The molecule has 9 nitrogen and oxygen atoms in total. The Hall–Kier alpha value is -2.91. The van der Waals surface area contributed by atoms with Crippen molar-refractivity contribution in [2.24, 2.45) is 0 Å². The summed E-state index contributed by atoms with van der Waals surface area (Å²) >= 11 is 0. The minimum Gasteiger partial charge on any atom is -0.507 e. The Kier molecular flexibility index (Phi) is 6.83. The van der Waals surface area contributed by atoms with Gasteiger partial charge in [0.05, 0.1) is 11.4 Å². The second-order valence-electron chi connectivity index (χ2n) is 7.94. The zero-order valence-corrected chi connectivity index (χ0v) is 18.0. The van der Waals surface area contributed by atoms with Crippen molar-refractivity contribution in [2.75, 3.05) is 76.2 Å². The molecule has 2 aliphatic rings. The van der Waals surface area contributed by atoms with E-state index < -0.39 is 0 Å². The highest BCUT2D eigenvalue weighted by molar-refractivity contribution is 5.76. The van der Waals surface area contributed by atoms with E-state index in [9.17, 15) is 9.90 Å². The van der Waals surface area contributed by atoms with Gasteiger partial charge in [-0.15, -0.1) is 10.2 Å². The summed E-state index contributed by atoms with van der Waals surface area (Å²) in [7, 11) is 1.84. The molecule has 2 aliphatic heterocycles. The number of aromatic hydroxyl groups is 1. The highest BCUT2D eigenvalue weighted by atomic mass is 16.3. The van der Waals surface area contributed by atoms with E-state index in [-0.39, 0.29) is 11.7 Å². The number of phenolic OH excluding ortho intramolecular Hbond substituents is 1. The number of amides is 1. The van der Waals surface area contributed by atoms with E-state index in [1.807, 2.05) is 30.1 Å². The smallest absolute Gasteiger partial charge is 0.223 e. The van der Waals surface area contributed by atoms with Crippen molar-refractivity contribution in [2.45, 2.75) is 6.42 Å². The Morgan fingerprint density at radius 2 is 1.84 bits per heavy atom. The summed E-state index contributed by atoms with van der Waals surface area (Å²) in [5.74, 6) is 1.17. The molecule has 1 amide bonds. The van der Waals surface area contributed by atoms with Gasteiger partial charge in [0.15, 0.2) is 5.82 Å². The second kappa shape index (κ2) is 9.93. The predicted octanol–water partition coefficient (Wildman–Crippen LogP) is 0.835. The number of piperazine rings is 2. The summed E-state index contributed by atoms with van der Waals surface area (Å²) in [6.07, 6.45) is 0.579. The summed E-state index contributed by atoms with van der Waals surface area (Å²) in [4.78, 5) is 19.0. The van der Waals surface area contributed by atoms with Gasteiger partial charge in [0.1, 0.15) is 5.75 Å². The summed E-state index contributed by atoms with van der Waals surface area (Å²) in [5.41, 5.74) is 2.30. The van der Waals surface area contributed by atoms with Gasteiger partial charge >= 0.3 is 0 Å². The van der Waals surface area contributed by atoms with Crippen molar-refractivity contribution < 1.29 is 9.90 Å². The first kappa shape index (κ1) is 21.3. The third-order valence-corrected chi connectivity index (χ3v) is 6.02. The van der Waals surface area contributed by atoms with Crippen molar-refractivity contribution in [1.82, 2.24) is 25.3 Å². The molecule has 0 bridgehead atoms. The lowest BCUT2D eigenvalue weighted by molar-refractivity contribution is -0.132. The molecule has 1 aromatic carbocycles. The monoisotopic (exact) mass is 425 g/mol. The van der Waals surface area contributed by atoms with Crippen molar-refractivity contribution in [3.63, 3.8) is 0 Å². The van der Waals surface area contributed by atoms with Gasteiger partial charge < -0.3 is 25.5 Å². The molecule has 2 fully saturated rings. The van der Waals surface area contributed by atoms with Crippen molar-refractivity contribution in [3.8, 4) is 17.0 Å². The Bertz CT molecular complexity index is 893. The molecule has 31 heavy (non-hydrogen) atoms. The molecule has 0 spiro atoms. The van der Waals surface area contributed by atoms with Crippen LogP contribution in [0.25, 0.3) is 11.3 Å². The van der Waals surface area contributed by atoms with Crippen LogP contribution in [0.1, 0.15) is 6.42 Å². The standard InChI is InChI=1S/C22H31N7O2/c1-23-22-19(16-18(25-26-22)17-4-2-3-5-20(17)30)28-14-12-27(13-15-28)9-6-21(31)29-10-7-24-8-11-29/h2-5,16,24,30H,6-15H2,1H3,(H,23,26). The Labute approximate surface area is 183 Å². The fourth-order valence-electron chi connectivity index (χ4n) is 4.16. The summed E-state index contributed by atoms with van der Waals surface area (Å²) in [6, 6.07) is 9.15. The number of para-hydroxylation sites is 1. The van der Waals surface area contributed by atoms with Gasteiger partial charge in [0.2, 0.25) is 5.91 Å². The molecule has 0 aliphatic carbocycles. The van der Waals surface area contributed by atoms with Gasteiger partial charge in [0, 0.05) is 77.9 Å². The fourth-order valence-corrected chi connectivity index (χ4v) is 4.16. The molecule has 3 N–H and O–H groups in total. The van der Waals surface area contributed by atoms with Crippen LogP contribution < -0.4 is 15.5 Å². The highest BCUT2D eigenvalue weighted by Gasteiger charge is 2.23. The first-order valence-corrected chi connectivity index (χ1v) is 11.0. The van der Waals surface area contributed by atoms with E-state index in [2.05, 4.69) is 30.6 Å². The number of carbonyl (C=O) groups excluding carboxylic acids is 1. The van der Waals surface area contributed by atoms with Gasteiger partial charge in [-0.05, 0) is 18.2 Å². The predicted molar refractivity (Wildman–Crippen MR) is 121 cm³/mol. The SMILES string of the molecule is CNc1nnc(-c2ccccc2O)cc1N1CCN(CCC(=O)N2CCNCC2)CC1. The van der Waals surface area contributed by atoms with E-state index >= 15 is 0 Å². The largest absolute Gasteiger partial charge is 0.507 e. The summed E-state index contributed by atoms with van der Waals surface area (Å²) < 4.78 is 0. The highest BCUT2D eigenvalue weighted by Crippen LogP contribution is 2.32. The van der Waals surface area contributed by atoms with Crippen LogP contribution >= 0.6 is 0 Å². The molecular formula is C22H31N7O2. The van der Waals surface area contributed by atoms with E-state index in [1.165, 1.54) is 0 Å². The minimum absolute atomic E-state index is 0.193. The van der Waals surface area contributed by atoms with Crippen LogP contribution in [0.4, 0.5) is 11.5 Å². The fraction of sp³-hybridized carbons (Fsp3) is 0.500. The number of rotatable bonds is 6. The lowest BCUT2D eigenvalue weighted by Crippen LogP contribution is -2.49. The number of aromatic nitrogens is 2. The first-order chi connectivity index (χ1) is 15.2. The number of anilines is 2. The average molecular weight is 426 g/mol. The van der Waals surface area contributed by atoms with Gasteiger partial charge in [-0.1, -0.05) is 12.1 Å². The van der Waals surface area contributed by atoms with Crippen LogP contribution in [0.5, 0.6) is 5.75 Å². The Balaban J connectivity index is 1.37. The van der Waals surface area contributed by atoms with Crippen LogP contribution in [-0.4, -0.2) is 97.0 Å². The topological polar surface area (TPSA) is 96.9 Å². The maximum absolute atomic E-state index is 12.4. The Morgan fingerprint density at radius 3 is 2.55 bits per heavy atom. The summed E-state index contributed by atoms with van der Waals surface area (Å²) in [6.45, 7) is 7.69. The number of carbonyl (C=O) groups is 1. The van der Waals surface area contributed by atoms with Crippen LogP contribution in [0.3, 0.4) is 0 Å². The molecule has 0 unspecified atom stereocenters. The van der Waals surface area contributed by atoms with Crippen LogP contribution in [0, 0.1) is 0 Å². The molecule has 0 atom stereocenters. The molecule has 9 heteroatoms. The molecule has 4 rings (SSSR count). The molecule has 2 aromatic rings. The lowest BCUT2D eigenvalue weighted by atomic mass is 10.1. The van der Waals surface area contributed by atoms with Gasteiger partial charge in [-0.3, -0.25) is 9.69 Å². The maximum Gasteiger partial charge on any atom is 0.223 e. The van der Waals surface area contributed by atoms with Crippen molar-refractivity contribution in [3.05, 3.63) is 30.3 Å². The van der Waals surface area contributed by atoms with Gasteiger partial charge in [0.25, 0.3) is 0 Å². The van der Waals surface area contributed by atoms with Crippen LogP contribution in [0.2, 0.25) is 0 Å². The molecular weight excluding hydrogens is 394 g/mol. The third kappa shape index (κ3) is 5.05. The molecule has 1 aromatic heterocycles. The molecule has 3 heterocycles. The molecule has 166 valence electrons. The summed E-state index contributed by atoms with van der Waals surface area (Å²) in [5, 5.41) is 25.2. The zero-order chi connectivity index (χ0) is 21.6. The number of phenols is 1.